The van der Waals surface area contributed by atoms with Gasteiger partial charge in [-0.1, -0.05) is 29.3 Å². The molecule has 26 heavy (non-hydrogen) atoms. The summed E-state index contributed by atoms with van der Waals surface area (Å²) in [6.45, 7) is 1.56. The zero-order chi connectivity index (χ0) is 19.3. The first kappa shape index (κ1) is 19.9. The molecular weight excluding hydrogens is 381 g/mol. The van der Waals surface area contributed by atoms with E-state index >= 15 is 0 Å². The molecule has 0 saturated heterocycles. The lowest BCUT2D eigenvalue weighted by Crippen LogP contribution is -2.30. The van der Waals surface area contributed by atoms with E-state index in [1.165, 1.54) is 32.4 Å². The molecule has 1 atom stereocenters. The second kappa shape index (κ2) is 8.78. The summed E-state index contributed by atoms with van der Waals surface area (Å²) in [6, 6.07) is 9.41. The Balaban J connectivity index is 2.15. The smallest absolute Gasteiger partial charge is 0.337 e. The SMILES string of the molecule is COC(=O)c1ccc(O[C@@H](C)C(=O)Nc2c(Cl)cccc2Cl)c(OC)c1. The van der Waals surface area contributed by atoms with Crippen LogP contribution in [0.4, 0.5) is 5.69 Å². The molecule has 2 aromatic carbocycles. The Morgan fingerprint density at radius 1 is 1.04 bits per heavy atom. The zero-order valence-corrected chi connectivity index (χ0v) is 15.9. The van der Waals surface area contributed by atoms with Gasteiger partial charge in [0.1, 0.15) is 0 Å². The highest BCUT2D eigenvalue weighted by Gasteiger charge is 2.20. The van der Waals surface area contributed by atoms with Gasteiger partial charge in [0, 0.05) is 0 Å². The van der Waals surface area contributed by atoms with E-state index in [9.17, 15) is 9.59 Å². The number of esters is 1. The van der Waals surface area contributed by atoms with Crippen LogP contribution in [-0.2, 0) is 9.53 Å². The number of benzene rings is 2. The summed E-state index contributed by atoms with van der Waals surface area (Å²) >= 11 is 12.1. The van der Waals surface area contributed by atoms with Crippen molar-refractivity contribution in [2.24, 2.45) is 0 Å². The second-order valence-electron chi connectivity index (χ2n) is 5.20. The van der Waals surface area contributed by atoms with Gasteiger partial charge in [0.15, 0.2) is 17.6 Å². The number of hydrogen-bond donors (Lipinski definition) is 1. The Hall–Kier alpha value is -2.44. The fourth-order valence-electron chi connectivity index (χ4n) is 2.10. The first-order valence-corrected chi connectivity index (χ1v) is 8.30. The third-order valence-electron chi connectivity index (χ3n) is 3.47. The first-order valence-electron chi connectivity index (χ1n) is 7.55. The van der Waals surface area contributed by atoms with E-state index in [2.05, 4.69) is 10.1 Å². The third kappa shape index (κ3) is 4.59. The van der Waals surface area contributed by atoms with Crippen molar-refractivity contribution in [2.75, 3.05) is 19.5 Å². The highest BCUT2D eigenvalue weighted by atomic mass is 35.5. The highest BCUT2D eigenvalue weighted by Crippen LogP contribution is 2.31. The van der Waals surface area contributed by atoms with Gasteiger partial charge < -0.3 is 19.5 Å². The molecule has 0 aliphatic carbocycles. The number of nitrogens with one attached hydrogen (secondary N) is 1. The zero-order valence-electron chi connectivity index (χ0n) is 14.3. The van der Waals surface area contributed by atoms with Crippen LogP contribution in [0, 0.1) is 0 Å². The molecule has 1 N–H and O–H groups in total. The number of carbonyl (C=O) groups excluding carboxylic acids is 2. The van der Waals surface area contributed by atoms with E-state index in [0.717, 1.165) is 0 Å². The van der Waals surface area contributed by atoms with Gasteiger partial charge in [-0.3, -0.25) is 4.79 Å². The molecule has 8 heteroatoms. The first-order chi connectivity index (χ1) is 12.4. The summed E-state index contributed by atoms with van der Waals surface area (Å²) in [5.41, 5.74) is 0.612. The fourth-order valence-corrected chi connectivity index (χ4v) is 2.59. The maximum absolute atomic E-state index is 12.4. The predicted molar refractivity (Wildman–Crippen MR) is 99.5 cm³/mol. The second-order valence-corrected chi connectivity index (χ2v) is 6.02. The Kier molecular flexibility index (Phi) is 6.71. The Morgan fingerprint density at radius 2 is 1.69 bits per heavy atom. The van der Waals surface area contributed by atoms with Crippen molar-refractivity contribution in [3.05, 3.63) is 52.0 Å². The van der Waals surface area contributed by atoms with E-state index in [0.29, 0.717) is 32.8 Å². The number of para-hydroxylation sites is 1. The molecule has 2 aromatic rings. The summed E-state index contributed by atoms with van der Waals surface area (Å²) in [4.78, 5) is 24.0. The number of carbonyl (C=O) groups is 2. The fraction of sp³-hybridized carbons (Fsp3) is 0.222. The predicted octanol–water partition coefficient (Wildman–Crippen LogP) is 4.19. The molecule has 1 amide bonds. The average Bonchev–Trinajstić information content (AvgIpc) is 2.64. The van der Waals surface area contributed by atoms with Gasteiger partial charge in [-0.25, -0.2) is 4.79 Å². The van der Waals surface area contributed by atoms with Crippen molar-refractivity contribution in [1.82, 2.24) is 0 Å². The Labute approximate surface area is 160 Å². The molecule has 0 aliphatic rings. The van der Waals surface area contributed by atoms with Crippen molar-refractivity contribution < 1.29 is 23.8 Å². The number of ether oxygens (including phenoxy) is 3. The van der Waals surface area contributed by atoms with Crippen LogP contribution < -0.4 is 14.8 Å². The van der Waals surface area contributed by atoms with Crippen molar-refractivity contribution in [3.8, 4) is 11.5 Å². The van der Waals surface area contributed by atoms with E-state index in [1.807, 2.05) is 0 Å². The molecule has 6 nitrogen and oxygen atoms in total. The minimum Gasteiger partial charge on any atom is -0.493 e. The van der Waals surface area contributed by atoms with E-state index in [1.54, 1.807) is 25.1 Å². The van der Waals surface area contributed by atoms with E-state index < -0.39 is 18.0 Å². The number of hydrogen-bond acceptors (Lipinski definition) is 5. The van der Waals surface area contributed by atoms with Crippen LogP contribution >= 0.6 is 23.2 Å². The molecule has 0 aromatic heterocycles. The van der Waals surface area contributed by atoms with Gasteiger partial charge in [-0.05, 0) is 37.3 Å². The molecule has 0 unspecified atom stereocenters. The third-order valence-corrected chi connectivity index (χ3v) is 4.10. The number of amides is 1. The van der Waals surface area contributed by atoms with Crippen molar-refractivity contribution in [3.63, 3.8) is 0 Å². The van der Waals surface area contributed by atoms with Gasteiger partial charge in [-0.15, -0.1) is 0 Å². The Morgan fingerprint density at radius 3 is 2.27 bits per heavy atom. The molecule has 0 fully saturated rings. The number of methoxy groups -OCH3 is 2. The number of anilines is 1. The van der Waals surface area contributed by atoms with E-state index in [-0.39, 0.29) is 0 Å². The van der Waals surface area contributed by atoms with Crippen LogP contribution in [-0.4, -0.2) is 32.2 Å². The van der Waals surface area contributed by atoms with Crippen LogP contribution in [0.2, 0.25) is 10.0 Å². The van der Waals surface area contributed by atoms with Gasteiger partial charge >= 0.3 is 5.97 Å². The summed E-state index contributed by atoms with van der Waals surface area (Å²) in [5, 5.41) is 3.27. The number of halogens is 2. The minimum atomic E-state index is -0.875. The highest BCUT2D eigenvalue weighted by molar-refractivity contribution is 6.39. The lowest BCUT2D eigenvalue weighted by Gasteiger charge is -2.18. The largest absolute Gasteiger partial charge is 0.493 e. The summed E-state index contributed by atoms with van der Waals surface area (Å²) in [7, 11) is 2.71. The molecule has 0 saturated carbocycles. The molecule has 0 aliphatic heterocycles. The van der Waals surface area contributed by atoms with Crippen LogP contribution in [0.1, 0.15) is 17.3 Å². The van der Waals surface area contributed by atoms with Crippen molar-refractivity contribution >= 4 is 40.8 Å². The Bertz CT molecular complexity index is 805. The normalized spacial score (nSPS) is 11.4. The maximum Gasteiger partial charge on any atom is 0.337 e. The molecule has 0 radical (unpaired) electrons. The maximum atomic E-state index is 12.4. The van der Waals surface area contributed by atoms with Gasteiger partial charge in [0.2, 0.25) is 0 Å². The molecule has 0 bridgehead atoms. The average molecular weight is 398 g/mol. The minimum absolute atomic E-state index is 0.295. The van der Waals surface area contributed by atoms with E-state index in [4.69, 9.17) is 32.7 Å². The monoisotopic (exact) mass is 397 g/mol. The van der Waals surface area contributed by atoms with Crippen LogP contribution in [0.3, 0.4) is 0 Å². The van der Waals surface area contributed by atoms with Gasteiger partial charge in [0.05, 0.1) is 35.5 Å². The van der Waals surface area contributed by atoms with Crippen LogP contribution in [0.5, 0.6) is 11.5 Å². The van der Waals surface area contributed by atoms with Gasteiger partial charge in [0.25, 0.3) is 5.91 Å². The standard InChI is InChI=1S/C18H17Cl2NO5/c1-10(17(22)21-16-12(19)5-4-6-13(16)20)26-14-8-7-11(18(23)25-3)9-15(14)24-2/h4-10H,1-3H3,(H,21,22)/t10-/m0/s1. The summed E-state index contributed by atoms with van der Waals surface area (Å²) in [6.07, 6.45) is -0.875. The van der Waals surface area contributed by atoms with Gasteiger partial charge in [-0.2, -0.15) is 0 Å². The van der Waals surface area contributed by atoms with Crippen molar-refractivity contribution in [1.29, 1.82) is 0 Å². The molecule has 2 rings (SSSR count). The summed E-state index contributed by atoms with van der Waals surface area (Å²) in [5.74, 6) is -0.357. The lowest BCUT2D eigenvalue weighted by molar-refractivity contribution is -0.122. The molecule has 0 spiro atoms. The van der Waals surface area contributed by atoms with Crippen molar-refractivity contribution in [2.45, 2.75) is 13.0 Å². The molecule has 138 valence electrons. The summed E-state index contributed by atoms with van der Waals surface area (Å²) < 4.78 is 15.5. The lowest BCUT2D eigenvalue weighted by atomic mass is 10.2. The molecule has 0 heterocycles. The van der Waals surface area contributed by atoms with Crippen LogP contribution in [0.25, 0.3) is 0 Å². The topological polar surface area (TPSA) is 73.9 Å². The molecular formula is C18H17Cl2NO5. The van der Waals surface area contributed by atoms with Crippen LogP contribution in [0.15, 0.2) is 36.4 Å². The number of rotatable bonds is 6. The quantitative estimate of drug-likeness (QED) is 0.739.